The third-order valence-corrected chi connectivity index (χ3v) is 6.42. The van der Waals surface area contributed by atoms with Crippen LogP contribution in [0.5, 0.6) is 0 Å². The molecule has 6 heteroatoms. The second-order valence-electron chi connectivity index (χ2n) is 7.65. The monoisotopic (exact) mass is 373 g/mol. The van der Waals surface area contributed by atoms with Crippen molar-refractivity contribution in [1.29, 1.82) is 0 Å². The first-order valence-corrected chi connectivity index (χ1v) is 11.8. The van der Waals surface area contributed by atoms with E-state index in [1.165, 1.54) is 48.9 Å². The lowest BCUT2D eigenvalue weighted by Crippen LogP contribution is -2.11. The van der Waals surface area contributed by atoms with Crippen molar-refractivity contribution in [3.63, 3.8) is 0 Å². The number of hydrogen-bond acceptors (Lipinski definition) is 3. The Balaban J connectivity index is 1.69. The summed E-state index contributed by atoms with van der Waals surface area (Å²) < 4.78 is 10.4. The molecule has 4 rings (SSSR count). The van der Waals surface area contributed by atoms with E-state index < -0.39 is 0 Å². The van der Waals surface area contributed by atoms with Gasteiger partial charge in [0.05, 0.1) is 30.8 Å². The highest BCUT2D eigenvalue weighted by Crippen LogP contribution is 2.34. The van der Waals surface area contributed by atoms with Crippen LogP contribution in [0.15, 0.2) is 18.6 Å². The van der Waals surface area contributed by atoms with Crippen LogP contribution in [0.25, 0.3) is 16.8 Å². The molecule has 0 unspecified atom stereocenters. The highest BCUT2D eigenvalue weighted by Gasteiger charge is 2.22. The lowest BCUT2D eigenvalue weighted by Gasteiger charge is -2.21. The molecule has 0 bridgehead atoms. The molecule has 5 nitrogen and oxygen atoms in total. The molecule has 26 heavy (non-hydrogen) atoms. The molecule has 1 aliphatic carbocycles. The number of nitrogens with zero attached hydrogens (tertiary/aromatic N) is 4. The zero-order valence-corrected chi connectivity index (χ0v) is 16.9. The van der Waals surface area contributed by atoms with Crippen molar-refractivity contribution in [2.45, 2.75) is 51.7 Å². The average molecular weight is 374 g/mol. The summed E-state index contributed by atoms with van der Waals surface area (Å²) >= 11 is 0. The molecule has 0 aromatic carbocycles. The van der Waals surface area contributed by atoms with Crippen LogP contribution >= 0.6 is 0 Å². The minimum Gasteiger partial charge on any atom is -0.356 e. The van der Waals surface area contributed by atoms with Gasteiger partial charge in [0.15, 0.2) is 11.3 Å². The maximum atomic E-state index is 5.90. The van der Waals surface area contributed by atoms with Crippen LogP contribution in [-0.2, 0) is 22.4 Å². The van der Waals surface area contributed by atoms with Crippen LogP contribution in [0, 0.1) is 6.92 Å². The molecule has 0 spiro atoms. The van der Waals surface area contributed by atoms with Gasteiger partial charge in [-0.2, -0.15) is 0 Å². The van der Waals surface area contributed by atoms with E-state index >= 15 is 0 Å². The van der Waals surface area contributed by atoms with Crippen LogP contribution in [0.3, 0.4) is 0 Å². The number of ether oxygens (including phenoxy) is 1. The highest BCUT2D eigenvalue weighted by molar-refractivity contribution is 7.95. The predicted octanol–water partition coefficient (Wildman–Crippen LogP) is 3.89. The van der Waals surface area contributed by atoms with E-state index in [1.807, 2.05) is 6.20 Å². The van der Waals surface area contributed by atoms with Crippen molar-refractivity contribution in [3.05, 3.63) is 29.8 Å². The zero-order chi connectivity index (χ0) is 18.1. The molecule has 0 saturated heterocycles. The quantitative estimate of drug-likeness (QED) is 0.486. The molecule has 0 aliphatic heterocycles. The lowest BCUT2D eigenvalue weighted by atomic mass is 9.87. The third kappa shape index (κ3) is 3.37. The SMILES string of the molecule is Cc1cn(COCC[S+](C)C)c2ncc3ncc(C4CCCCC4)n3c12. The van der Waals surface area contributed by atoms with Crippen molar-refractivity contribution in [3.8, 4) is 0 Å². The fourth-order valence-electron chi connectivity index (χ4n) is 4.09. The Morgan fingerprint density at radius 3 is 2.73 bits per heavy atom. The van der Waals surface area contributed by atoms with E-state index in [2.05, 4.69) is 45.8 Å². The van der Waals surface area contributed by atoms with Crippen LogP contribution < -0.4 is 0 Å². The van der Waals surface area contributed by atoms with Gasteiger partial charge in [-0.3, -0.25) is 4.40 Å². The van der Waals surface area contributed by atoms with Crippen LogP contribution in [0.2, 0.25) is 0 Å². The highest BCUT2D eigenvalue weighted by atomic mass is 32.2. The summed E-state index contributed by atoms with van der Waals surface area (Å²) in [6.07, 6.45) is 17.2. The Hall–Kier alpha value is -1.53. The zero-order valence-electron chi connectivity index (χ0n) is 16.1. The number of aromatic nitrogens is 4. The molecule has 0 amide bonds. The minimum absolute atomic E-state index is 0.423. The van der Waals surface area contributed by atoms with Gasteiger partial charge in [0.2, 0.25) is 0 Å². The summed E-state index contributed by atoms with van der Waals surface area (Å²) in [5, 5.41) is 0. The van der Waals surface area contributed by atoms with E-state index in [9.17, 15) is 0 Å². The van der Waals surface area contributed by atoms with Crippen molar-refractivity contribution in [2.75, 3.05) is 24.9 Å². The van der Waals surface area contributed by atoms with E-state index in [1.54, 1.807) is 0 Å². The molecule has 0 atom stereocenters. The van der Waals surface area contributed by atoms with E-state index in [-0.39, 0.29) is 0 Å². The largest absolute Gasteiger partial charge is 0.356 e. The number of aryl methyl sites for hydroxylation is 1. The molecule has 0 N–H and O–H groups in total. The molecule has 1 fully saturated rings. The molecule has 1 saturated carbocycles. The third-order valence-electron chi connectivity index (χ3n) is 5.44. The Morgan fingerprint density at radius 1 is 1.15 bits per heavy atom. The van der Waals surface area contributed by atoms with E-state index in [0.717, 1.165) is 23.7 Å². The van der Waals surface area contributed by atoms with Crippen molar-refractivity contribution < 1.29 is 4.74 Å². The molecular weight excluding hydrogens is 344 g/mol. The standard InChI is InChI=1S/C20H29N4OS/c1-15-13-23(14-25-9-10-26(2)3)20-19(15)24-17(11-21-18(24)12-22-20)16-7-5-4-6-8-16/h11-13,16H,4-10,14H2,1-3H3/q+1. The Bertz CT molecular complexity index is 892. The number of fused-ring (bicyclic) bond motifs is 3. The summed E-state index contributed by atoms with van der Waals surface area (Å²) in [6, 6.07) is 0. The average Bonchev–Trinajstić information content (AvgIpc) is 3.20. The second kappa shape index (κ2) is 7.61. The smallest absolute Gasteiger partial charge is 0.159 e. The van der Waals surface area contributed by atoms with Gasteiger partial charge in [-0.15, -0.1) is 0 Å². The van der Waals surface area contributed by atoms with Gasteiger partial charge in [-0.05, 0) is 36.2 Å². The predicted molar refractivity (Wildman–Crippen MR) is 109 cm³/mol. The van der Waals surface area contributed by atoms with Crippen LogP contribution in [0.4, 0.5) is 0 Å². The fourth-order valence-corrected chi connectivity index (χ4v) is 4.54. The maximum Gasteiger partial charge on any atom is 0.159 e. The number of rotatable bonds is 6. The molecule has 140 valence electrons. The van der Waals surface area contributed by atoms with Gasteiger partial charge in [0.1, 0.15) is 12.5 Å². The Kier molecular flexibility index (Phi) is 5.23. The molecular formula is C20H29N4OS+. The van der Waals surface area contributed by atoms with Gasteiger partial charge in [-0.25, -0.2) is 9.97 Å². The molecule has 0 radical (unpaired) electrons. The first-order chi connectivity index (χ1) is 12.6. The van der Waals surface area contributed by atoms with Crippen molar-refractivity contribution in [2.24, 2.45) is 0 Å². The van der Waals surface area contributed by atoms with Crippen LogP contribution in [0.1, 0.15) is 49.3 Å². The molecule has 3 aromatic rings. The molecule has 1 aliphatic rings. The van der Waals surface area contributed by atoms with Crippen molar-refractivity contribution >= 4 is 27.7 Å². The summed E-state index contributed by atoms with van der Waals surface area (Å²) in [4.78, 5) is 9.35. The summed E-state index contributed by atoms with van der Waals surface area (Å²) in [5.74, 6) is 1.74. The summed E-state index contributed by atoms with van der Waals surface area (Å²) in [5.41, 5.74) is 5.74. The van der Waals surface area contributed by atoms with E-state index in [4.69, 9.17) is 9.72 Å². The second-order valence-corrected chi connectivity index (χ2v) is 10.0. The lowest BCUT2D eigenvalue weighted by molar-refractivity contribution is 0.0923. The fraction of sp³-hybridized carbons (Fsp3) is 0.600. The first-order valence-electron chi connectivity index (χ1n) is 9.59. The molecule has 3 aromatic heterocycles. The van der Waals surface area contributed by atoms with Gasteiger partial charge >= 0.3 is 0 Å². The van der Waals surface area contributed by atoms with Crippen LogP contribution in [-0.4, -0.2) is 43.8 Å². The normalized spacial score (nSPS) is 16.3. The number of imidazole rings is 1. The molecule has 3 heterocycles. The van der Waals surface area contributed by atoms with Crippen molar-refractivity contribution in [1.82, 2.24) is 18.9 Å². The van der Waals surface area contributed by atoms with Gasteiger partial charge in [-0.1, -0.05) is 19.3 Å². The summed E-state index contributed by atoms with van der Waals surface area (Å²) in [7, 11) is 0.423. The summed E-state index contributed by atoms with van der Waals surface area (Å²) in [6.45, 7) is 3.53. The van der Waals surface area contributed by atoms with Gasteiger partial charge in [0, 0.05) is 24.0 Å². The first kappa shape index (κ1) is 17.9. The van der Waals surface area contributed by atoms with Gasteiger partial charge in [0.25, 0.3) is 0 Å². The minimum atomic E-state index is 0.423. The maximum absolute atomic E-state index is 5.90. The topological polar surface area (TPSA) is 44.3 Å². The Labute approximate surface area is 158 Å². The number of hydrogen-bond donors (Lipinski definition) is 0. The Morgan fingerprint density at radius 2 is 1.96 bits per heavy atom. The van der Waals surface area contributed by atoms with E-state index in [0.29, 0.717) is 23.5 Å². The van der Waals surface area contributed by atoms with Gasteiger partial charge < -0.3 is 9.30 Å².